The summed E-state index contributed by atoms with van der Waals surface area (Å²) < 4.78 is 2.15. The molecule has 0 radical (unpaired) electrons. The van der Waals surface area contributed by atoms with E-state index >= 15 is 0 Å². The Morgan fingerprint density at radius 2 is 1.93 bits per heavy atom. The van der Waals surface area contributed by atoms with E-state index in [0.717, 1.165) is 66.0 Å². The van der Waals surface area contributed by atoms with Crippen molar-refractivity contribution in [1.29, 1.82) is 0 Å². The molecule has 0 aliphatic carbocycles. The van der Waals surface area contributed by atoms with E-state index in [4.69, 9.17) is 4.98 Å². The number of rotatable bonds is 4. The third-order valence-corrected chi connectivity index (χ3v) is 5.53. The van der Waals surface area contributed by atoms with Gasteiger partial charge in [-0.2, -0.15) is 0 Å². The van der Waals surface area contributed by atoms with Crippen molar-refractivity contribution >= 4 is 39.4 Å². The molecule has 1 saturated heterocycles. The number of imidazole rings is 1. The van der Waals surface area contributed by atoms with E-state index in [1.54, 1.807) is 0 Å². The van der Waals surface area contributed by atoms with Crippen LogP contribution in [0.3, 0.4) is 0 Å². The van der Waals surface area contributed by atoms with Gasteiger partial charge in [0.25, 0.3) is 0 Å². The molecule has 0 amide bonds. The van der Waals surface area contributed by atoms with E-state index < -0.39 is 0 Å². The topological polar surface area (TPSA) is 83.8 Å². The first-order chi connectivity index (χ1) is 14.7. The molecule has 0 atom stereocenters. The lowest BCUT2D eigenvalue weighted by Crippen LogP contribution is -2.27. The van der Waals surface area contributed by atoms with Gasteiger partial charge in [-0.3, -0.25) is 0 Å². The maximum Gasteiger partial charge on any atom is 0.228 e. The van der Waals surface area contributed by atoms with Crippen LogP contribution >= 0.6 is 0 Å². The van der Waals surface area contributed by atoms with Gasteiger partial charge in [-0.05, 0) is 51.1 Å². The van der Waals surface area contributed by atoms with Gasteiger partial charge in [0, 0.05) is 37.3 Å². The van der Waals surface area contributed by atoms with Gasteiger partial charge in [0.1, 0.15) is 11.3 Å². The standard InChI is InChI=1S/C22H26N8/c1-15(2)30-14-26-18-6-4-16-12-25-22(28-20(16)21(18)30)27-19-7-5-17(13-24-19)29-10-3-8-23-9-11-29/h4-7,12-15,23H,3,8-11H2,1-2H3,(H,24,25,27,28). The van der Waals surface area contributed by atoms with E-state index in [-0.39, 0.29) is 0 Å². The molecule has 0 saturated carbocycles. The van der Waals surface area contributed by atoms with Crippen LogP contribution in [0.1, 0.15) is 26.3 Å². The minimum Gasteiger partial charge on any atom is -0.369 e. The second-order valence-electron chi connectivity index (χ2n) is 7.93. The van der Waals surface area contributed by atoms with Crippen molar-refractivity contribution in [3.8, 4) is 0 Å². The van der Waals surface area contributed by atoms with E-state index in [1.807, 2.05) is 36.9 Å². The Balaban J connectivity index is 1.43. The zero-order valence-corrected chi connectivity index (χ0v) is 17.3. The lowest BCUT2D eigenvalue weighted by Gasteiger charge is -2.21. The summed E-state index contributed by atoms with van der Waals surface area (Å²) in [7, 11) is 0. The Bertz CT molecular complexity index is 1160. The van der Waals surface area contributed by atoms with Crippen molar-refractivity contribution in [2.75, 3.05) is 36.4 Å². The minimum atomic E-state index is 0.301. The van der Waals surface area contributed by atoms with E-state index in [9.17, 15) is 0 Å². The first-order valence-electron chi connectivity index (χ1n) is 10.5. The molecule has 8 heteroatoms. The summed E-state index contributed by atoms with van der Waals surface area (Å²) in [5, 5.41) is 7.67. The monoisotopic (exact) mass is 402 g/mol. The van der Waals surface area contributed by atoms with Gasteiger partial charge in [-0.1, -0.05) is 0 Å². The van der Waals surface area contributed by atoms with Gasteiger partial charge >= 0.3 is 0 Å². The number of hydrogen-bond acceptors (Lipinski definition) is 7. The summed E-state index contributed by atoms with van der Waals surface area (Å²) in [5.74, 6) is 1.27. The molecule has 30 heavy (non-hydrogen) atoms. The van der Waals surface area contributed by atoms with Gasteiger partial charge in [0.15, 0.2) is 0 Å². The molecule has 0 spiro atoms. The van der Waals surface area contributed by atoms with E-state index in [0.29, 0.717) is 12.0 Å². The molecule has 8 nitrogen and oxygen atoms in total. The largest absolute Gasteiger partial charge is 0.369 e. The number of benzene rings is 1. The lowest BCUT2D eigenvalue weighted by molar-refractivity contribution is 0.618. The van der Waals surface area contributed by atoms with Crippen LogP contribution in [0.2, 0.25) is 0 Å². The fourth-order valence-corrected chi connectivity index (χ4v) is 3.93. The number of nitrogens with zero attached hydrogens (tertiary/aromatic N) is 6. The smallest absolute Gasteiger partial charge is 0.228 e. The molecule has 0 bridgehead atoms. The predicted molar refractivity (Wildman–Crippen MR) is 120 cm³/mol. The number of hydrogen-bond donors (Lipinski definition) is 2. The maximum atomic E-state index is 4.80. The van der Waals surface area contributed by atoms with Crippen molar-refractivity contribution in [1.82, 2.24) is 29.8 Å². The zero-order valence-electron chi connectivity index (χ0n) is 17.3. The average Bonchev–Trinajstić information content (AvgIpc) is 3.02. The van der Waals surface area contributed by atoms with Crippen molar-refractivity contribution < 1.29 is 0 Å². The molecule has 1 aliphatic heterocycles. The molecule has 4 heterocycles. The van der Waals surface area contributed by atoms with Gasteiger partial charge in [-0.25, -0.2) is 19.9 Å². The highest BCUT2D eigenvalue weighted by molar-refractivity contribution is 6.02. The fourth-order valence-electron chi connectivity index (χ4n) is 3.93. The number of nitrogens with one attached hydrogen (secondary N) is 2. The molecular weight excluding hydrogens is 376 g/mol. The highest BCUT2D eigenvalue weighted by Crippen LogP contribution is 2.26. The second-order valence-corrected chi connectivity index (χ2v) is 7.93. The van der Waals surface area contributed by atoms with Crippen LogP contribution in [0.5, 0.6) is 0 Å². The number of pyridine rings is 1. The van der Waals surface area contributed by atoms with Crippen molar-refractivity contribution in [3.05, 3.63) is 43.0 Å². The van der Waals surface area contributed by atoms with Gasteiger partial charge in [0.2, 0.25) is 5.95 Å². The van der Waals surface area contributed by atoms with Gasteiger partial charge in [-0.15, -0.1) is 0 Å². The lowest BCUT2D eigenvalue weighted by atomic mass is 10.2. The average molecular weight is 403 g/mol. The van der Waals surface area contributed by atoms with Crippen LogP contribution in [-0.2, 0) is 0 Å². The van der Waals surface area contributed by atoms with Crippen LogP contribution in [0.15, 0.2) is 43.0 Å². The summed E-state index contributed by atoms with van der Waals surface area (Å²) in [6.07, 6.45) is 6.79. The maximum absolute atomic E-state index is 4.80. The summed E-state index contributed by atoms with van der Waals surface area (Å²) in [6, 6.07) is 8.43. The van der Waals surface area contributed by atoms with Crippen LogP contribution in [0.4, 0.5) is 17.5 Å². The Morgan fingerprint density at radius 3 is 2.77 bits per heavy atom. The predicted octanol–water partition coefficient (Wildman–Crippen LogP) is 3.50. The van der Waals surface area contributed by atoms with Crippen molar-refractivity contribution in [3.63, 3.8) is 0 Å². The van der Waals surface area contributed by atoms with Gasteiger partial charge in [0.05, 0.1) is 29.2 Å². The molecule has 0 unspecified atom stereocenters. The summed E-state index contributed by atoms with van der Waals surface area (Å²) in [6.45, 7) is 8.42. The molecule has 3 aromatic heterocycles. The summed E-state index contributed by atoms with van der Waals surface area (Å²) in [5.41, 5.74) is 4.01. The Labute approximate surface area is 175 Å². The SMILES string of the molecule is CC(C)n1cnc2ccc3cnc(Nc4ccc(N5CCCNCC5)cn4)nc3c21. The van der Waals surface area contributed by atoms with Crippen LogP contribution < -0.4 is 15.5 Å². The molecule has 2 N–H and O–H groups in total. The van der Waals surface area contributed by atoms with Crippen LogP contribution in [0, 0.1) is 0 Å². The van der Waals surface area contributed by atoms with E-state index in [2.05, 4.69) is 55.0 Å². The molecule has 4 aromatic rings. The molecule has 5 rings (SSSR count). The molecular formula is C22H26N8. The highest BCUT2D eigenvalue weighted by atomic mass is 15.2. The molecule has 1 fully saturated rings. The first-order valence-corrected chi connectivity index (χ1v) is 10.5. The zero-order chi connectivity index (χ0) is 20.5. The number of anilines is 3. The second kappa shape index (κ2) is 7.87. The quantitative estimate of drug-likeness (QED) is 0.540. The first kappa shape index (κ1) is 18.7. The Kier molecular flexibility index (Phi) is 4.92. The number of fused-ring (bicyclic) bond motifs is 3. The van der Waals surface area contributed by atoms with Gasteiger partial charge < -0.3 is 20.1 Å². The van der Waals surface area contributed by atoms with E-state index in [1.165, 1.54) is 0 Å². The molecule has 154 valence electrons. The van der Waals surface area contributed by atoms with Crippen LogP contribution in [0.25, 0.3) is 21.9 Å². The third kappa shape index (κ3) is 3.54. The number of aromatic nitrogens is 5. The van der Waals surface area contributed by atoms with Crippen molar-refractivity contribution in [2.24, 2.45) is 0 Å². The minimum absolute atomic E-state index is 0.301. The highest BCUT2D eigenvalue weighted by Gasteiger charge is 2.13. The molecule has 1 aromatic carbocycles. The Hall–Kier alpha value is -3.26. The van der Waals surface area contributed by atoms with Crippen LogP contribution in [-0.4, -0.2) is 50.7 Å². The Morgan fingerprint density at radius 1 is 1.00 bits per heavy atom. The summed E-state index contributed by atoms with van der Waals surface area (Å²) >= 11 is 0. The van der Waals surface area contributed by atoms with Crippen molar-refractivity contribution in [2.45, 2.75) is 26.3 Å². The third-order valence-electron chi connectivity index (χ3n) is 5.53. The summed E-state index contributed by atoms with van der Waals surface area (Å²) in [4.78, 5) is 20.8. The fraction of sp³-hybridized carbons (Fsp3) is 0.364. The normalized spacial score (nSPS) is 15.1. The molecule has 1 aliphatic rings.